The van der Waals surface area contributed by atoms with E-state index in [1.807, 2.05) is 73.7 Å². The van der Waals surface area contributed by atoms with Crippen LogP contribution >= 0.6 is 39.3 Å². The van der Waals surface area contributed by atoms with E-state index in [0.717, 1.165) is 20.5 Å². The van der Waals surface area contributed by atoms with Crippen molar-refractivity contribution in [2.45, 2.75) is 30.8 Å². The van der Waals surface area contributed by atoms with Gasteiger partial charge in [0.25, 0.3) is 0 Å². The second-order valence-corrected chi connectivity index (χ2v) is 9.90. The number of likely N-dealkylation sites (N-methyl/N-ethyl adjacent to an activating group) is 1. The van der Waals surface area contributed by atoms with Crippen molar-refractivity contribution in [3.63, 3.8) is 0 Å². The summed E-state index contributed by atoms with van der Waals surface area (Å²) >= 11 is 10.9. The van der Waals surface area contributed by atoms with Gasteiger partial charge in [0.1, 0.15) is 6.04 Å². The monoisotopic (exact) mass is 544 g/mol. The standard InChI is InChI=1S/C26H26BrClN2O2S/c1-2-29-26(32)24(16-19-7-4-3-5-8-19)30(17-20-9-6-10-21(27)15-20)25(31)18-33-23-13-11-22(28)12-14-23/h3-15,24H,2,16-18H2,1H3,(H,29,32)/t24-/m1/s1. The lowest BCUT2D eigenvalue weighted by Crippen LogP contribution is -2.51. The highest BCUT2D eigenvalue weighted by atomic mass is 79.9. The van der Waals surface area contributed by atoms with Gasteiger partial charge in [0.05, 0.1) is 5.75 Å². The summed E-state index contributed by atoms with van der Waals surface area (Å²) in [5, 5.41) is 3.57. The Kier molecular flexibility index (Phi) is 9.85. The Morgan fingerprint density at radius 1 is 1.00 bits per heavy atom. The number of carbonyl (C=O) groups excluding carboxylic acids is 2. The summed E-state index contributed by atoms with van der Waals surface area (Å²) in [6.45, 7) is 2.73. The number of carbonyl (C=O) groups is 2. The molecule has 3 aromatic rings. The molecule has 3 aromatic carbocycles. The van der Waals surface area contributed by atoms with Crippen molar-refractivity contribution in [2.75, 3.05) is 12.3 Å². The molecule has 0 fully saturated rings. The molecule has 172 valence electrons. The topological polar surface area (TPSA) is 49.4 Å². The lowest BCUT2D eigenvalue weighted by atomic mass is 10.0. The third-order valence-electron chi connectivity index (χ3n) is 5.04. The quantitative estimate of drug-likeness (QED) is 0.319. The molecule has 33 heavy (non-hydrogen) atoms. The molecule has 0 saturated carbocycles. The molecule has 4 nitrogen and oxygen atoms in total. The molecule has 0 spiro atoms. The predicted molar refractivity (Wildman–Crippen MR) is 139 cm³/mol. The second-order valence-electron chi connectivity index (χ2n) is 7.49. The number of halogens is 2. The largest absolute Gasteiger partial charge is 0.355 e. The first-order valence-corrected chi connectivity index (χ1v) is 12.9. The molecule has 3 rings (SSSR count). The third-order valence-corrected chi connectivity index (χ3v) is 6.78. The van der Waals surface area contributed by atoms with Gasteiger partial charge in [0.2, 0.25) is 11.8 Å². The predicted octanol–water partition coefficient (Wildman–Crippen LogP) is 5.97. The summed E-state index contributed by atoms with van der Waals surface area (Å²) in [6.07, 6.45) is 0.442. The Morgan fingerprint density at radius 3 is 2.36 bits per heavy atom. The first kappa shape index (κ1) is 25.3. The van der Waals surface area contributed by atoms with Gasteiger partial charge in [-0.2, -0.15) is 0 Å². The molecule has 0 bridgehead atoms. The number of nitrogens with one attached hydrogen (secondary N) is 1. The molecular formula is C26H26BrClN2O2S. The molecule has 0 aromatic heterocycles. The van der Waals surface area contributed by atoms with Crippen molar-refractivity contribution in [1.82, 2.24) is 10.2 Å². The summed E-state index contributed by atoms with van der Waals surface area (Å²) in [6, 6.07) is 24.4. The number of rotatable bonds is 10. The molecule has 0 unspecified atom stereocenters. The Labute approximate surface area is 212 Å². The van der Waals surface area contributed by atoms with E-state index >= 15 is 0 Å². The van der Waals surface area contributed by atoms with E-state index in [-0.39, 0.29) is 17.6 Å². The maximum atomic E-state index is 13.5. The molecule has 0 heterocycles. The van der Waals surface area contributed by atoms with Crippen molar-refractivity contribution in [1.29, 1.82) is 0 Å². The third kappa shape index (κ3) is 7.91. The zero-order valence-electron chi connectivity index (χ0n) is 18.3. The highest BCUT2D eigenvalue weighted by molar-refractivity contribution is 9.10. The van der Waals surface area contributed by atoms with Crippen LogP contribution < -0.4 is 5.32 Å². The van der Waals surface area contributed by atoms with Crippen LogP contribution in [0.2, 0.25) is 5.02 Å². The zero-order valence-corrected chi connectivity index (χ0v) is 21.5. The van der Waals surface area contributed by atoms with Crippen molar-refractivity contribution in [3.05, 3.63) is 99.5 Å². The fraction of sp³-hybridized carbons (Fsp3) is 0.231. The lowest BCUT2D eigenvalue weighted by Gasteiger charge is -2.31. The molecule has 0 aliphatic carbocycles. The zero-order chi connectivity index (χ0) is 23.6. The highest BCUT2D eigenvalue weighted by Crippen LogP contribution is 2.23. The van der Waals surface area contributed by atoms with Crippen molar-refractivity contribution >= 4 is 51.1 Å². The Hall–Kier alpha value is -2.28. The van der Waals surface area contributed by atoms with Crippen LogP contribution in [-0.2, 0) is 22.6 Å². The van der Waals surface area contributed by atoms with E-state index in [0.29, 0.717) is 24.5 Å². The summed E-state index contributed by atoms with van der Waals surface area (Å²) in [4.78, 5) is 29.3. The van der Waals surface area contributed by atoms with Crippen LogP contribution in [0.4, 0.5) is 0 Å². The van der Waals surface area contributed by atoms with E-state index < -0.39 is 6.04 Å². The molecule has 1 N–H and O–H groups in total. The smallest absolute Gasteiger partial charge is 0.243 e. The van der Waals surface area contributed by atoms with Crippen LogP contribution in [-0.4, -0.2) is 35.1 Å². The van der Waals surface area contributed by atoms with Gasteiger partial charge in [-0.05, 0) is 54.4 Å². The van der Waals surface area contributed by atoms with Crippen LogP contribution in [0.3, 0.4) is 0 Å². The summed E-state index contributed by atoms with van der Waals surface area (Å²) in [7, 11) is 0. The maximum absolute atomic E-state index is 13.5. The Balaban J connectivity index is 1.88. The Bertz CT molecular complexity index is 1060. The number of nitrogens with zero attached hydrogens (tertiary/aromatic N) is 1. The van der Waals surface area contributed by atoms with Crippen molar-refractivity contribution < 1.29 is 9.59 Å². The van der Waals surface area contributed by atoms with Crippen molar-refractivity contribution in [2.24, 2.45) is 0 Å². The van der Waals surface area contributed by atoms with Crippen molar-refractivity contribution in [3.8, 4) is 0 Å². The van der Waals surface area contributed by atoms with E-state index in [4.69, 9.17) is 11.6 Å². The van der Waals surface area contributed by atoms with Gasteiger partial charge in [0.15, 0.2) is 0 Å². The summed E-state index contributed by atoms with van der Waals surface area (Å²) in [5.74, 6) is -0.0244. The van der Waals surface area contributed by atoms with Gasteiger partial charge >= 0.3 is 0 Å². The minimum atomic E-state index is -0.621. The van der Waals surface area contributed by atoms with Gasteiger partial charge in [-0.15, -0.1) is 11.8 Å². The Morgan fingerprint density at radius 2 is 1.70 bits per heavy atom. The number of thioether (sulfide) groups is 1. The number of amides is 2. The fourth-order valence-corrected chi connectivity index (χ4v) is 4.79. The van der Waals surface area contributed by atoms with Crippen LogP contribution in [0.15, 0.2) is 88.2 Å². The lowest BCUT2D eigenvalue weighted by molar-refractivity contribution is -0.139. The van der Waals surface area contributed by atoms with Gasteiger partial charge < -0.3 is 10.2 Å². The van der Waals surface area contributed by atoms with Crippen LogP contribution in [0.1, 0.15) is 18.1 Å². The van der Waals surface area contributed by atoms with E-state index in [1.54, 1.807) is 17.0 Å². The highest BCUT2D eigenvalue weighted by Gasteiger charge is 2.30. The molecule has 2 amide bonds. The van der Waals surface area contributed by atoms with Crippen LogP contribution in [0, 0.1) is 0 Å². The van der Waals surface area contributed by atoms with Gasteiger partial charge in [-0.1, -0.05) is 70.0 Å². The fourth-order valence-electron chi connectivity index (χ4n) is 3.44. The minimum Gasteiger partial charge on any atom is -0.355 e. The number of hydrogen-bond acceptors (Lipinski definition) is 3. The SMILES string of the molecule is CCNC(=O)[C@@H](Cc1ccccc1)N(Cc1cccc(Br)c1)C(=O)CSc1ccc(Cl)cc1. The summed E-state index contributed by atoms with van der Waals surface area (Å²) in [5.41, 5.74) is 1.96. The minimum absolute atomic E-state index is 0.0953. The molecule has 0 aliphatic rings. The van der Waals surface area contributed by atoms with Gasteiger partial charge in [-0.3, -0.25) is 9.59 Å². The summed E-state index contributed by atoms with van der Waals surface area (Å²) < 4.78 is 0.931. The molecule has 0 radical (unpaired) electrons. The van der Waals surface area contributed by atoms with E-state index in [2.05, 4.69) is 21.2 Å². The van der Waals surface area contributed by atoms with Gasteiger partial charge in [-0.25, -0.2) is 0 Å². The normalized spacial score (nSPS) is 11.6. The van der Waals surface area contributed by atoms with Crippen LogP contribution in [0.5, 0.6) is 0 Å². The van der Waals surface area contributed by atoms with E-state index in [1.165, 1.54) is 11.8 Å². The number of benzene rings is 3. The maximum Gasteiger partial charge on any atom is 0.243 e. The second kappa shape index (κ2) is 12.8. The first-order valence-electron chi connectivity index (χ1n) is 10.7. The molecule has 0 saturated heterocycles. The molecular weight excluding hydrogens is 520 g/mol. The van der Waals surface area contributed by atoms with E-state index in [9.17, 15) is 9.59 Å². The average Bonchev–Trinajstić information content (AvgIpc) is 2.81. The average molecular weight is 546 g/mol. The molecule has 7 heteroatoms. The number of hydrogen-bond donors (Lipinski definition) is 1. The van der Waals surface area contributed by atoms with Crippen LogP contribution in [0.25, 0.3) is 0 Å². The first-order chi connectivity index (χ1) is 16.0. The molecule has 1 atom stereocenters. The molecule has 0 aliphatic heterocycles. The van der Waals surface area contributed by atoms with Gasteiger partial charge in [0, 0.05) is 33.9 Å².